The molecule has 1 amide bonds. The van der Waals surface area contributed by atoms with Gasteiger partial charge in [0, 0.05) is 24.5 Å². The average molecular weight is 269 g/mol. The Bertz CT molecular complexity index is 555. The highest BCUT2D eigenvalue weighted by Gasteiger charge is 2.05. The molecule has 4 heteroatoms. The van der Waals surface area contributed by atoms with E-state index in [4.69, 9.17) is 5.73 Å². The van der Waals surface area contributed by atoms with Gasteiger partial charge in [0.25, 0.3) is 5.91 Å². The summed E-state index contributed by atoms with van der Waals surface area (Å²) in [6.07, 6.45) is 5.11. The summed E-state index contributed by atoms with van der Waals surface area (Å²) in [5, 5.41) is 2.93. The van der Waals surface area contributed by atoms with E-state index in [1.807, 2.05) is 36.4 Å². The molecule has 2 rings (SSSR count). The molecule has 4 nitrogen and oxygen atoms in total. The first-order valence-electron chi connectivity index (χ1n) is 6.75. The third-order valence-corrected chi connectivity index (χ3v) is 3.07. The Morgan fingerprint density at radius 2 is 1.90 bits per heavy atom. The first-order valence-corrected chi connectivity index (χ1v) is 6.75. The molecule has 104 valence electrons. The molecule has 0 fully saturated rings. The van der Waals surface area contributed by atoms with Crippen molar-refractivity contribution in [2.24, 2.45) is 5.73 Å². The molecule has 0 aliphatic carbocycles. The second-order valence-corrected chi connectivity index (χ2v) is 4.60. The third kappa shape index (κ3) is 4.17. The van der Waals surface area contributed by atoms with Crippen molar-refractivity contribution in [3.8, 4) is 0 Å². The van der Waals surface area contributed by atoms with Crippen LogP contribution in [0.1, 0.15) is 21.5 Å². The van der Waals surface area contributed by atoms with Crippen molar-refractivity contribution in [1.29, 1.82) is 0 Å². The van der Waals surface area contributed by atoms with E-state index in [2.05, 4.69) is 10.3 Å². The largest absolute Gasteiger partial charge is 0.352 e. The summed E-state index contributed by atoms with van der Waals surface area (Å²) in [5.74, 6) is -0.0436. The highest BCUT2D eigenvalue weighted by atomic mass is 16.1. The van der Waals surface area contributed by atoms with Crippen LogP contribution in [0.4, 0.5) is 0 Å². The van der Waals surface area contributed by atoms with Gasteiger partial charge in [-0.2, -0.15) is 0 Å². The number of nitrogens with zero attached hydrogens (tertiary/aromatic N) is 1. The Hall–Kier alpha value is -2.20. The average Bonchev–Trinajstić information content (AvgIpc) is 2.49. The third-order valence-electron chi connectivity index (χ3n) is 3.07. The normalized spacial score (nSPS) is 10.2. The lowest BCUT2D eigenvalue weighted by molar-refractivity contribution is 0.0954. The van der Waals surface area contributed by atoms with Crippen molar-refractivity contribution in [2.75, 3.05) is 13.1 Å². The lowest BCUT2D eigenvalue weighted by Crippen LogP contribution is -2.25. The summed E-state index contributed by atoms with van der Waals surface area (Å²) in [6, 6.07) is 11.5. The van der Waals surface area contributed by atoms with E-state index in [-0.39, 0.29) is 5.91 Å². The quantitative estimate of drug-likeness (QED) is 0.836. The van der Waals surface area contributed by atoms with Crippen LogP contribution in [0.25, 0.3) is 0 Å². The number of nitrogens with one attached hydrogen (secondary N) is 1. The lowest BCUT2D eigenvalue weighted by atomic mass is 10.1. The molecule has 1 aromatic heterocycles. The van der Waals surface area contributed by atoms with Crippen LogP contribution in [0.5, 0.6) is 0 Å². The van der Waals surface area contributed by atoms with E-state index in [0.29, 0.717) is 18.7 Å². The van der Waals surface area contributed by atoms with E-state index in [9.17, 15) is 4.79 Å². The second kappa shape index (κ2) is 7.40. The predicted octanol–water partition coefficient (Wildman–Crippen LogP) is 1.56. The molecule has 0 unspecified atom stereocenters. The van der Waals surface area contributed by atoms with Crippen molar-refractivity contribution in [2.45, 2.75) is 12.8 Å². The first-order chi connectivity index (χ1) is 9.79. The van der Waals surface area contributed by atoms with E-state index in [1.54, 1.807) is 12.4 Å². The fourth-order valence-corrected chi connectivity index (χ4v) is 2.01. The Kier molecular flexibility index (Phi) is 5.26. The van der Waals surface area contributed by atoms with Gasteiger partial charge >= 0.3 is 0 Å². The Balaban J connectivity index is 1.87. The van der Waals surface area contributed by atoms with Crippen LogP contribution in [-0.2, 0) is 12.8 Å². The summed E-state index contributed by atoms with van der Waals surface area (Å²) in [4.78, 5) is 16.0. The summed E-state index contributed by atoms with van der Waals surface area (Å²) in [5.41, 5.74) is 8.47. The number of rotatable bonds is 6. The molecular formula is C16H19N3O. The number of nitrogens with two attached hydrogens (primary N) is 1. The van der Waals surface area contributed by atoms with E-state index < -0.39 is 0 Å². The van der Waals surface area contributed by atoms with Crippen molar-refractivity contribution in [1.82, 2.24) is 10.3 Å². The molecule has 0 aliphatic rings. The number of aromatic nitrogens is 1. The van der Waals surface area contributed by atoms with Gasteiger partial charge in [-0.05, 0) is 54.8 Å². The van der Waals surface area contributed by atoms with E-state index in [0.717, 1.165) is 24.0 Å². The molecule has 3 N–H and O–H groups in total. The molecule has 2 aromatic rings. The molecule has 20 heavy (non-hydrogen) atoms. The number of benzene rings is 1. The van der Waals surface area contributed by atoms with E-state index >= 15 is 0 Å². The fraction of sp³-hybridized carbons (Fsp3) is 0.250. The highest BCUT2D eigenvalue weighted by molar-refractivity contribution is 5.94. The van der Waals surface area contributed by atoms with Crippen LogP contribution in [0.3, 0.4) is 0 Å². The van der Waals surface area contributed by atoms with Crippen LogP contribution in [0, 0.1) is 0 Å². The maximum atomic E-state index is 12.0. The maximum absolute atomic E-state index is 12.0. The lowest BCUT2D eigenvalue weighted by Gasteiger charge is -2.07. The first kappa shape index (κ1) is 14.2. The number of pyridine rings is 1. The van der Waals surface area contributed by atoms with Crippen LogP contribution < -0.4 is 11.1 Å². The Morgan fingerprint density at radius 3 is 2.65 bits per heavy atom. The monoisotopic (exact) mass is 269 g/mol. The molecule has 1 heterocycles. The molecule has 0 bridgehead atoms. The molecule has 0 aliphatic heterocycles. The number of carbonyl (C=O) groups excluding carboxylic acids is 1. The number of hydrogen-bond donors (Lipinski definition) is 2. The van der Waals surface area contributed by atoms with E-state index in [1.165, 1.54) is 0 Å². The minimum atomic E-state index is -0.0436. The van der Waals surface area contributed by atoms with Gasteiger partial charge in [0.05, 0.1) is 0 Å². The Labute approximate surface area is 119 Å². The van der Waals surface area contributed by atoms with Crippen molar-refractivity contribution < 1.29 is 4.79 Å². The summed E-state index contributed by atoms with van der Waals surface area (Å²) >= 11 is 0. The van der Waals surface area contributed by atoms with Gasteiger partial charge in [-0.3, -0.25) is 9.78 Å². The maximum Gasteiger partial charge on any atom is 0.251 e. The molecule has 0 radical (unpaired) electrons. The summed E-state index contributed by atoms with van der Waals surface area (Å²) in [7, 11) is 0. The second-order valence-electron chi connectivity index (χ2n) is 4.60. The molecule has 0 saturated carbocycles. The van der Waals surface area contributed by atoms with Crippen LogP contribution >= 0.6 is 0 Å². The van der Waals surface area contributed by atoms with Gasteiger partial charge in [-0.1, -0.05) is 12.1 Å². The predicted molar refractivity (Wildman–Crippen MR) is 79.5 cm³/mol. The molecule has 1 aromatic carbocycles. The SMILES string of the molecule is NCCc1cccc(C(=O)NCCc2ccncc2)c1. The van der Waals surface area contributed by atoms with Crippen molar-refractivity contribution in [3.05, 3.63) is 65.5 Å². The van der Waals surface area contributed by atoms with Crippen LogP contribution in [0.15, 0.2) is 48.8 Å². The van der Waals surface area contributed by atoms with Crippen LogP contribution in [-0.4, -0.2) is 24.0 Å². The summed E-state index contributed by atoms with van der Waals surface area (Å²) in [6.45, 7) is 1.21. The minimum absolute atomic E-state index is 0.0436. The minimum Gasteiger partial charge on any atom is -0.352 e. The van der Waals surface area contributed by atoms with Gasteiger partial charge in [0.1, 0.15) is 0 Å². The van der Waals surface area contributed by atoms with Gasteiger partial charge in [0.15, 0.2) is 0 Å². The highest BCUT2D eigenvalue weighted by Crippen LogP contribution is 2.06. The van der Waals surface area contributed by atoms with Gasteiger partial charge in [-0.25, -0.2) is 0 Å². The number of carbonyl (C=O) groups is 1. The van der Waals surface area contributed by atoms with Gasteiger partial charge < -0.3 is 11.1 Å². The molecule has 0 spiro atoms. The van der Waals surface area contributed by atoms with Crippen molar-refractivity contribution >= 4 is 5.91 Å². The molecule has 0 saturated heterocycles. The zero-order valence-corrected chi connectivity index (χ0v) is 11.4. The standard InChI is InChI=1S/C16H19N3O/c17-8-4-14-2-1-3-15(12-14)16(20)19-11-7-13-5-9-18-10-6-13/h1-3,5-6,9-10,12H,4,7-8,11,17H2,(H,19,20). The number of hydrogen-bond acceptors (Lipinski definition) is 3. The van der Waals surface area contributed by atoms with Crippen molar-refractivity contribution in [3.63, 3.8) is 0 Å². The molecular weight excluding hydrogens is 250 g/mol. The van der Waals surface area contributed by atoms with Gasteiger partial charge in [-0.15, -0.1) is 0 Å². The van der Waals surface area contributed by atoms with Crippen LogP contribution in [0.2, 0.25) is 0 Å². The smallest absolute Gasteiger partial charge is 0.251 e. The zero-order chi connectivity index (χ0) is 14.2. The zero-order valence-electron chi connectivity index (χ0n) is 11.4. The fourth-order valence-electron chi connectivity index (χ4n) is 2.01. The topological polar surface area (TPSA) is 68.0 Å². The van der Waals surface area contributed by atoms with Gasteiger partial charge in [0.2, 0.25) is 0 Å². The number of amides is 1. The summed E-state index contributed by atoms with van der Waals surface area (Å²) < 4.78 is 0. The molecule has 0 atom stereocenters. The Morgan fingerprint density at radius 1 is 1.10 bits per heavy atom.